The minimum atomic E-state index is -0.873. The minimum Gasteiger partial charge on any atom is -0.385 e. The Morgan fingerprint density at radius 3 is 2.43 bits per heavy atom. The Bertz CT molecular complexity index is 292. The first-order valence-electron chi connectivity index (χ1n) is 4.94. The number of rotatable bonds is 4. The monoisotopic (exact) mass is 192 g/mol. The molecule has 0 bridgehead atoms. The molecule has 2 heteroatoms. The van der Waals surface area contributed by atoms with Gasteiger partial charge < -0.3 is 5.11 Å². The fourth-order valence-corrected chi connectivity index (χ4v) is 1.25. The molecule has 2 atom stereocenters. The van der Waals surface area contributed by atoms with Crippen LogP contribution in [0.5, 0.6) is 0 Å². The van der Waals surface area contributed by atoms with Crippen molar-refractivity contribution >= 4 is 5.78 Å². The van der Waals surface area contributed by atoms with E-state index in [1.807, 2.05) is 19.9 Å². The van der Waals surface area contributed by atoms with Crippen molar-refractivity contribution in [2.24, 2.45) is 5.92 Å². The molecule has 0 amide bonds. The molecular weight excluding hydrogens is 176 g/mol. The standard InChI is InChI=1S/C12H16O2/c1-3-9(2)11(13)12(14)10-7-5-4-6-8-10/h4-9,11,13H,3H2,1-2H3/t9?,11-/m1/s1. The molecule has 0 aromatic heterocycles. The summed E-state index contributed by atoms with van der Waals surface area (Å²) in [7, 11) is 0. The van der Waals surface area contributed by atoms with Crippen molar-refractivity contribution in [1.29, 1.82) is 0 Å². The van der Waals surface area contributed by atoms with Crippen LogP contribution >= 0.6 is 0 Å². The second-order valence-corrected chi connectivity index (χ2v) is 3.56. The summed E-state index contributed by atoms with van der Waals surface area (Å²) in [5.74, 6) is -0.164. The maximum Gasteiger partial charge on any atom is 0.191 e. The molecule has 1 unspecified atom stereocenters. The Labute approximate surface area is 84.6 Å². The summed E-state index contributed by atoms with van der Waals surface area (Å²) in [6.07, 6.45) is -0.0675. The zero-order valence-electron chi connectivity index (χ0n) is 8.60. The van der Waals surface area contributed by atoms with Crippen molar-refractivity contribution in [3.63, 3.8) is 0 Å². The summed E-state index contributed by atoms with van der Waals surface area (Å²) in [4.78, 5) is 11.7. The van der Waals surface area contributed by atoms with Crippen LogP contribution in [0.15, 0.2) is 30.3 Å². The van der Waals surface area contributed by atoms with Crippen molar-refractivity contribution < 1.29 is 9.90 Å². The van der Waals surface area contributed by atoms with E-state index in [1.165, 1.54) is 0 Å². The third-order valence-electron chi connectivity index (χ3n) is 2.51. The highest BCUT2D eigenvalue weighted by molar-refractivity contribution is 5.99. The number of Topliss-reactive ketones (excluding diaryl/α,β-unsaturated/α-hetero) is 1. The number of aliphatic hydroxyl groups excluding tert-OH is 1. The predicted molar refractivity (Wildman–Crippen MR) is 56.2 cm³/mol. The predicted octanol–water partition coefficient (Wildman–Crippen LogP) is 2.28. The topological polar surface area (TPSA) is 37.3 Å². The lowest BCUT2D eigenvalue weighted by molar-refractivity contribution is 0.0620. The maximum atomic E-state index is 11.7. The SMILES string of the molecule is CCC(C)[C@@H](O)C(=O)c1ccccc1. The second-order valence-electron chi connectivity index (χ2n) is 3.56. The van der Waals surface area contributed by atoms with E-state index in [-0.39, 0.29) is 11.7 Å². The second kappa shape index (κ2) is 4.91. The van der Waals surface area contributed by atoms with Gasteiger partial charge in [-0.3, -0.25) is 4.79 Å². The van der Waals surface area contributed by atoms with Crippen LogP contribution in [0.3, 0.4) is 0 Å². The van der Waals surface area contributed by atoms with Crippen LogP contribution in [0.1, 0.15) is 30.6 Å². The fraction of sp³-hybridized carbons (Fsp3) is 0.417. The summed E-state index contributed by atoms with van der Waals surface area (Å²) in [5.41, 5.74) is 0.584. The highest BCUT2D eigenvalue weighted by atomic mass is 16.3. The van der Waals surface area contributed by atoms with E-state index in [0.717, 1.165) is 6.42 Å². The van der Waals surface area contributed by atoms with E-state index < -0.39 is 6.10 Å². The van der Waals surface area contributed by atoms with Gasteiger partial charge >= 0.3 is 0 Å². The van der Waals surface area contributed by atoms with Crippen LogP contribution in [0.4, 0.5) is 0 Å². The quantitative estimate of drug-likeness (QED) is 0.743. The molecule has 1 N–H and O–H groups in total. The van der Waals surface area contributed by atoms with Crippen LogP contribution in [-0.2, 0) is 0 Å². The van der Waals surface area contributed by atoms with Crippen molar-refractivity contribution in [3.8, 4) is 0 Å². The highest BCUT2D eigenvalue weighted by Gasteiger charge is 2.21. The van der Waals surface area contributed by atoms with E-state index in [0.29, 0.717) is 5.56 Å². The molecule has 0 aliphatic carbocycles. The van der Waals surface area contributed by atoms with Gasteiger partial charge in [-0.1, -0.05) is 50.6 Å². The van der Waals surface area contributed by atoms with Crippen LogP contribution in [0.2, 0.25) is 0 Å². The fourth-order valence-electron chi connectivity index (χ4n) is 1.25. The third kappa shape index (κ3) is 2.42. The molecule has 0 fully saturated rings. The number of aliphatic hydroxyl groups is 1. The van der Waals surface area contributed by atoms with Crippen LogP contribution in [0, 0.1) is 5.92 Å². The normalized spacial score (nSPS) is 14.8. The van der Waals surface area contributed by atoms with Gasteiger partial charge in [0.25, 0.3) is 0 Å². The number of ketones is 1. The van der Waals surface area contributed by atoms with Gasteiger partial charge in [-0.05, 0) is 5.92 Å². The van der Waals surface area contributed by atoms with E-state index in [2.05, 4.69) is 0 Å². The first kappa shape index (κ1) is 10.9. The van der Waals surface area contributed by atoms with E-state index in [9.17, 15) is 9.90 Å². The number of hydrogen-bond acceptors (Lipinski definition) is 2. The summed E-state index contributed by atoms with van der Waals surface area (Å²) >= 11 is 0. The van der Waals surface area contributed by atoms with E-state index in [4.69, 9.17) is 0 Å². The van der Waals surface area contributed by atoms with Crippen LogP contribution in [-0.4, -0.2) is 17.0 Å². The van der Waals surface area contributed by atoms with Crippen molar-refractivity contribution in [1.82, 2.24) is 0 Å². The molecule has 2 nitrogen and oxygen atoms in total. The maximum absolute atomic E-state index is 11.7. The molecule has 1 rings (SSSR count). The Morgan fingerprint density at radius 1 is 1.36 bits per heavy atom. The van der Waals surface area contributed by atoms with Crippen LogP contribution < -0.4 is 0 Å². The summed E-state index contributed by atoms with van der Waals surface area (Å²) in [5, 5.41) is 9.69. The van der Waals surface area contributed by atoms with E-state index in [1.54, 1.807) is 24.3 Å². The third-order valence-corrected chi connectivity index (χ3v) is 2.51. The van der Waals surface area contributed by atoms with Gasteiger partial charge in [-0.25, -0.2) is 0 Å². The Kier molecular flexibility index (Phi) is 3.84. The molecule has 1 aromatic rings. The molecule has 76 valence electrons. The van der Waals surface area contributed by atoms with Crippen molar-refractivity contribution in [3.05, 3.63) is 35.9 Å². The molecule has 0 saturated carbocycles. The summed E-state index contributed by atoms with van der Waals surface area (Å²) in [6, 6.07) is 8.92. The van der Waals surface area contributed by atoms with Gasteiger partial charge in [0.15, 0.2) is 5.78 Å². The minimum absolute atomic E-state index is 0.0164. The first-order valence-corrected chi connectivity index (χ1v) is 4.94. The zero-order chi connectivity index (χ0) is 10.6. The lowest BCUT2D eigenvalue weighted by Gasteiger charge is -2.15. The molecule has 14 heavy (non-hydrogen) atoms. The van der Waals surface area contributed by atoms with Crippen LogP contribution in [0.25, 0.3) is 0 Å². The molecule has 0 aliphatic rings. The molecule has 0 radical (unpaired) electrons. The summed E-state index contributed by atoms with van der Waals surface area (Å²) in [6.45, 7) is 3.84. The van der Waals surface area contributed by atoms with Gasteiger partial charge in [-0.2, -0.15) is 0 Å². The van der Waals surface area contributed by atoms with Crippen molar-refractivity contribution in [2.45, 2.75) is 26.4 Å². The molecular formula is C12H16O2. The molecule has 0 heterocycles. The number of benzene rings is 1. The summed E-state index contributed by atoms with van der Waals surface area (Å²) < 4.78 is 0. The number of carbonyl (C=O) groups excluding carboxylic acids is 1. The lowest BCUT2D eigenvalue weighted by atomic mass is 9.94. The van der Waals surface area contributed by atoms with Gasteiger partial charge in [-0.15, -0.1) is 0 Å². The van der Waals surface area contributed by atoms with Crippen molar-refractivity contribution in [2.75, 3.05) is 0 Å². The van der Waals surface area contributed by atoms with Gasteiger partial charge in [0.1, 0.15) is 6.10 Å². The molecule has 0 saturated heterocycles. The molecule has 1 aromatic carbocycles. The Hall–Kier alpha value is -1.15. The van der Waals surface area contributed by atoms with Gasteiger partial charge in [0.2, 0.25) is 0 Å². The number of hydrogen-bond donors (Lipinski definition) is 1. The zero-order valence-corrected chi connectivity index (χ0v) is 8.60. The van der Waals surface area contributed by atoms with Gasteiger partial charge in [0, 0.05) is 5.56 Å². The average Bonchev–Trinajstić information content (AvgIpc) is 2.27. The first-order chi connectivity index (χ1) is 6.66. The number of carbonyl (C=O) groups is 1. The molecule has 0 spiro atoms. The molecule has 0 aliphatic heterocycles. The Morgan fingerprint density at radius 2 is 1.93 bits per heavy atom. The smallest absolute Gasteiger partial charge is 0.191 e. The lowest BCUT2D eigenvalue weighted by Crippen LogP contribution is -2.27. The average molecular weight is 192 g/mol. The van der Waals surface area contributed by atoms with E-state index >= 15 is 0 Å². The van der Waals surface area contributed by atoms with Gasteiger partial charge in [0.05, 0.1) is 0 Å². The largest absolute Gasteiger partial charge is 0.385 e. The highest BCUT2D eigenvalue weighted by Crippen LogP contribution is 2.13. The Balaban J connectivity index is 2.76.